The molecule has 1 aromatic rings. The fourth-order valence-electron chi connectivity index (χ4n) is 1.82. The van der Waals surface area contributed by atoms with Gasteiger partial charge in [0.1, 0.15) is 4.90 Å². The Balaban J connectivity index is 2.11. The summed E-state index contributed by atoms with van der Waals surface area (Å²) in [5.41, 5.74) is -0.0347. The number of pyridine rings is 1. The zero-order valence-corrected chi connectivity index (χ0v) is 12.9. The van der Waals surface area contributed by atoms with Crippen molar-refractivity contribution >= 4 is 21.9 Å². The number of nitrogens with zero attached hydrogens (tertiary/aromatic N) is 1. The number of carbonyl (C=O) groups excluding carboxylic acids is 1. The summed E-state index contributed by atoms with van der Waals surface area (Å²) in [7, 11) is -3.74. The standard InChI is InChI=1S/C13H17N3O6S/c17-7-10(4-12(18)19)15-13(20)8-3-11(6-14-5-8)23(21,22)16-9-1-2-9/h3,5-6,9-10,16-17H,1-2,4,7H2,(H,15,20)(H,18,19)/t10-/m0/s1. The van der Waals surface area contributed by atoms with E-state index < -0.39 is 41.0 Å². The smallest absolute Gasteiger partial charge is 0.305 e. The van der Waals surface area contributed by atoms with Crippen molar-refractivity contribution in [1.29, 1.82) is 0 Å². The number of sulfonamides is 1. The lowest BCUT2D eigenvalue weighted by atomic mass is 10.2. The van der Waals surface area contributed by atoms with Gasteiger partial charge in [-0.25, -0.2) is 13.1 Å². The van der Waals surface area contributed by atoms with E-state index >= 15 is 0 Å². The second-order valence-electron chi connectivity index (χ2n) is 5.26. The number of aliphatic carboxylic acids is 1. The lowest BCUT2D eigenvalue weighted by molar-refractivity contribution is -0.137. The third-order valence-corrected chi connectivity index (χ3v) is 4.65. The van der Waals surface area contributed by atoms with Crippen LogP contribution in [0.2, 0.25) is 0 Å². The first-order valence-electron chi connectivity index (χ1n) is 6.92. The van der Waals surface area contributed by atoms with Crippen LogP contribution in [0.1, 0.15) is 29.6 Å². The van der Waals surface area contributed by atoms with Crippen LogP contribution in [0.4, 0.5) is 0 Å². The number of aliphatic hydroxyl groups excluding tert-OH is 1. The van der Waals surface area contributed by atoms with E-state index in [0.717, 1.165) is 25.1 Å². The highest BCUT2D eigenvalue weighted by atomic mass is 32.2. The molecule has 1 heterocycles. The monoisotopic (exact) mass is 343 g/mol. The third-order valence-electron chi connectivity index (χ3n) is 3.16. The van der Waals surface area contributed by atoms with Crippen LogP contribution in [-0.2, 0) is 14.8 Å². The van der Waals surface area contributed by atoms with E-state index in [-0.39, 0.29) is 16.5 Å². The zero-order chi connectivity index (χ0) is 17.0. The number of aromatic nitrogens is 1. The molecule has 1 aliphatic carbocycles. The second-order valence-corrected chi connectivity index (χ2v) is 6.97. The highest BCUT2D eigenvalue weighted by molar-refractivity contribution is 7.89. The molecule has 1 aromatic heterocycles. The molecule has 1 saturated carbocycles. The highest BCUT2D eigenvalue weighted by Gasteiger charge is 2.28. The summed E-state index contributed by atoms with van der Waals surface area (Å²) in [5, 5.41) is 20.1. The first-order valence-corrected chi connectivity index (χ1v) is 8.41. The van der Waals surface area contributed by atoms with E-state index in [9.17, 15) is 18.0 Å². The lowest BCUT2D eigenvalue weighted by Gasteiger charge is -2.14. The maximum atomic E-state index is 12.1. The van der Waals surface area contributed by atoms with Crippen molar-refractivity contribution < 1.29 is 28.2 Å². The SMILES string of the molecule is O=C(O)C[C@@H](CO)NC(=O)c1cncc(S(=O)(=O)NC2CC2)c1. The van der Waals surface area contributed by atoms with E-state index in [0.29, 0.717) is 0 Å². The van der Waals surface area contributed by atoms with Crippen LogP contribution in [0.3, 0.4) is 0 Å². The number of carboxylic acids is 1. The Morgan fingerprint density at radius 2 is 2.04 bits per heavy atom. The summed E-state index contributed by atoms with van der Waals surface area (Å²) in [6.45, 7) is -0.549. The predicted octanol–water partition coefficient (Wildman–Crippen LogP) is -0.912. The molecule has 1 aliphatic rings. The highest BCUT2D eigenvalue weighted by Crippen LogP contribution is 2.22. The molecule has 1 amide bonds. The van der Waals surface area contributed by atoms with Gasteiger partial charge >= 0.3 is 5.97 Å². The first-order chi connectivity index (χ1) is 10.8. The van der Waals surface area contributed by atoms with Gasteiger partial charge in [0.15, 0.2) is 0 Å². The van der Waals surface area contributed by atoms with Gasteiger partial charge in [-0.2, -0.15) is 0 Å². The van der Waals surface area contributed by atoms with Gasteiger partial charge in [0, 0.05) is 18.4 Å². The fraction of sp³-hybridized carbons (Fsp3) is 0.462. The lowest BCUT2D eigenvalue weighted by Crippen LogP contribution is -2.39. The van der Waals surface area contributed by atoms with Gasteiger partial charge in [-0.15, -0.1) is 0 Å². The Kier molecular flexibility index (Phi) is 5.29. The number of carboxylic acid groups (broad SMARTS) is 1. The average Bonchev–Trinajstić information content (AvgIpc) is 3.29. The Morgan fingerprint density at radius 1 is 1.35 bits per heavy atom. The van der Waals surface area contributed by atoms with Gasteiger partial charge in [0.2, 0.25) is 10.0 Å². The topological polar surface area (TPSA) is 146 Å². The molecule has 10 heteroatoms. The van der Waals surface area contributed by atoms with E-state index in [1.165, 1.54) is 6.20 Å². The summed E-state index contributed by atoms with van der Waals surface area (Å²) in [5.74, 6) is -1.88. The van der Waals surface area contributed by atoms with E-state index in [4.69, 9.17) is 10.2 Å². The quantitative estimate of drug-likeness (QED) is 0.478. The molecular weight excluding hydrogens is 326 g/mol. The minimum absolute atomic E-state index is 0.0347. The van der Waals surface area contributed by atoms with E-state index in [1.807, 2.05) is 0 Å². The summed E-state index contributed by atoms with van der Waals surface area (Å²) >= 11 is 0. The predicted molar refractivity (Wildman–Crippen MR) is 78.2 cm³/mol. The molecule has 0 spiro atoms. The minimum Gasteiger partial charge on any atom is -0.481 e. The normalized spacial score (nSPS) is 15.9. The Bertz CT molecular complexity index is 701. The molecule has 0 saturated heterocycles. The fourth-order valence-corrected chi connectivity index (χ4v) is 3.11. The van der Waals surface area contributed by atoms with Crippen molar-refractivity contribution in [2.45, 2.75) is 36.2 Å². The molecule has 0 aromatic carbocycles. The molecule has 0 aliphatic heterocycles. The largest absolute Gasteiger partial charge is 0.481 e. The molecule has 0 unspecified atom stereocenters. The van der Waals surface area contributed by atoms with Crippen molar-refractivity contribution in [2.24, 2.45) is 0 Å². The third kappa shape index (κ3) is 4.98. The van der Waals surface area contributed by atoms with Gasteiger partial charge in [0.25, 0.3) is 5.91 Å². The number of rotatable bonds is 8. The van der Waals surface area contributed by atoms with Gasteiger partial charge < -0.3 is 15.5 Å². The molecule has 0 radical (unpaired) electrons. The van der Waals surface area contributed by atoms with Crippen molar-refractivity contribution in [2.75, 3.05) is 6.61 Å². The van der Waals surface area contributed by atoms with Gasteiger partial charge in [-0.1, -0.05) is 0 Å². The summed E-state index contributed by atoms with van der Waals surface area (Å²) < 4.78 is 26.6. The molecular formula is C13H17N3O6S. The Morgan fingerprint density at radius 3 is 2.61 bits per heavy atom. The summed E-state index contributed by atoms with van der Waals surface area (Å²) in [4.78, 5) is 26.2. The van der Waals surface area contributed by atoms with Gasteiger partial charge in [0.05, 0.1) is 24.6 Å². The molecule has 9 nitrogen and oxygen atoms in total. The minimum atomic E-state index is -3.74. The summed E-state index contributed by atoms with van der Waals surface area (Å²) in [6.07, 6.45) is 3.40. The second kappa shape index (κ2) is 7.02. The molecule has 1 fully saturated rings. The summed E-state index contributed by atoms with van der Waals surface area (Å²) in [6, 6.07) is 0.110. The van der Waals surface area contributed by atoms with Crippen LogP contribution in [0, 0.1) is 0 Å². The molecule has 0 bridgehead atoms. The molecule has 4 N–H and O–H groups in total. The molecule has 23 heavy (non-hydrogen) atoms. The van der Waals surface area contributed by atoms with Crippen LogP contribution in [0.15, 0.2) is 23.4 Å². The van der Waals surface area contributed by atoms with Gasteiger partial charge in [-0.05, 0) is 18.9 Å². The molecule has 126 valence electrons. The molecule has 2 rings (SSSR count). The van der Waals surface area contributed by atoms with Crippen LogP contribution in [-0.4, -0.2) is 54.2 Å². The van der Waals surface area contributed by atoms with Crippen molar-refractivity contribution in [1.82, 2.24) is 15.0 Å². The van der Waals surface area contributed by atoms with Crippen LogP contribution >= 0.6 is 0 Å². The zero-order valence-electron chi connectivity index (χ0n) is 12.1. The number of carbonyl (C=O) groups is 2. The number of amides is 1. The van der Waals surface area contributed by atoms with E-state index in [2.05, 4.69) is 15.0 Å². The van der Waals surface area contributed by atoms with Crippen molar-refractivity contribution in [3.63, 3.8) is 0 Å². The number of hydrogen-bond acceptors (Lipinski definition) is 6. The van der Waals surface area contributed by atoms with Crippen LogP contribution in [0.25, 0.3) is 0 Å². The Hall–Kier alpha value is -2.04. The number of hydrogen-bond donors (Lipinski definition) is 4. The van der Waals surface area contributed by atoms with E-state index in [1.54, 1.807) is 0 Å². The number of nitrogens with one attached hydrogen (secondary N) is 2. The first kappa shape index (κ1) is 17.3. The maximum Gasteiger partial charge on any atom is 0.305 e. The van der Waals surface area contributed by atoms with Crippen LogP contribution in [0.5, 0.6) is 0 Å². The maximum absolute atomic E-state index is 12.1. The van der Waals surface area contributed by atoms with Crippen molar-refractivity contribution in [3.8, 4) is 0 Å². The number of aliphatic hydroxyl groups is 1. The average molecular weight is 343 g/mol. The molecule has 1 atom stereocenters. The van der Waals surface area contributed by atoms with Crippen LogP contribution < -0.4 is 10.0 Å². The van der Waals surface area contributed by atoms with Crippen molar-refractivity contribution in [3.05, 3.63) is 24.0 Å². The Labute approximate surface area is 132 Å². The van der Waals surface area contributed by atoms with Gasteiger partial charge in [-0.3, -0.25) is 14.6 Å².